The minimum Gasteiger partial charge on any atom is -0.491 e. The lowest BCUT2D eigenvalue weighted by atomic mass is 10.2. The second-order valence-corrected chi connectivity index (χ2v) is 5.91. The van der Waals surface area contributed by atoms with Gasteiger partial charge in [0.15, 0.2) is 0 Å². The van der Waals surface area contributed by atoms with Gasteiger partial charge in [-0.1, -0.05) is 12.1 Å². The van der Waals surface area contributed by atoms with E-state index in [0.717, 1.165) is 26.1 Å². The Morgan fingerprint density at radius 3 is 2.86 bits per heavy atom. The van der Waals surface area contributed by atoms with Crippen LogP contribution in [0, 0.1) is 11.3 Å². The Labute approximate surface area is 133 Å². The molecule has 1 saturated heterocycles. The van der Waals surface area contributed by atoms with Crippen LogP contribution in [0.4, 0.5) is 0 Å². The van der Waals surface area contributed by atoms with Crippen molar-refractivity contribution in [3.8, 4) is 11.8 Å². The van der Waals surface area contributed by atoms with Gasteiger partial charge in [0.1, 0.15) is 18.4 Å². The zero-order valence-corrected chi connectivity index (χ0v) is 13.7. The molecule has 0 radical (unpaired) electrons. The minimum absolute atomic E-state index is 0.349. The van der Waals surface area contributed by atoms with Crippen LogP contribution in [0.25, 0.3) is 0 Å². The molecule has 0 unspecified atom stereocenters. The fourth-order valence-corrected chi connectivity index (χ4v) is 2.86. The molecule has 1 fully saturated rings. The summed E-state index contributed by atoms with van der Waals surface area (Å²) in [4.78, 5) is 4.63. The molecule has 5 nitrogen and oxygen atoms in total. The Hall–Kier alpha value is -1.61. The minimum atomic E-state index is 0.349. The average molecular weight is 303 g/mol. The number of para-hydroxylation sites is 1. The third-order valence-electron chi connectivity index (χ3n) is 4.24. The molecule has 0 N–H and O–H groups in total. The number of methoxy groups -OCH3 is 1. The average Bonchev–Trinajstić information content (AvgIpc) is 2.88. The number of likely N-dealkylation sites (N-methyl/N-ethyl adjacent to an activating group) is 2. The van der Waals surface area contributed by atoms with Gasteiger partial charge in [0.25, 0.3) is 0 Å². The number of benzene rings is 1. The number of nitrogens with zero attached hydrogens (tertiary/aromatic N) is 3. The van der Waals surface area contributed by atoms with Gasteiger partial charge in [-0.05, 0) is 32.6 Å². The molecule has 22 heavy (non-hydrogen) atoms. The third-order valence-corrected chi connectivity index (χ3v) is 4.24. The van der Waals surface area contributed by atoms with Crippen LogP contribution in [0.5, 0.6) is 5.75 Å². The highest BCUT2D eigenvalue weighted by Crippen LogP contribution is 2.19. The molecule has 0 aliphatic carbocycles. The van der Waals surface area contributed by atoms with Gasteiger partial charge in [0.05, 0.1) is 11.7 Å². The van der Waals surface area contributed by atoms with Gasteiger partial charge in [-0.25, -0.2) is 0 Å². The summed E-state index contributed by atoms with van der Waals surface area (Å²) in [6.07, 6.45) is 1.43. The Balaban J connectivity index is 1.74. The van der Waals surface area contributed by atoms with Gasteiger partial charge in [-0.2, -0.15) is 5.26 Å². The summed E-state index contributed by atoms with van der Waals surface area (Å²) in [5.41, 5.74) is 0.587. The van der Waals surface area contributed by atoms with E-state index in [0.29, 0.717) is 30.1 Å². The number of ether oxygens (including phenoxy) is 2. The molecule has 120 valence electrons. The van der Waals surface area contributed by atoms with E-state index in [1.54, 1.807) is 13.2 Å². The van der Waals surface area contributed by atoms with E-state index < -0.39 is 0 Å². The standard InChI is InChI=1S/C17H25N3O2/c1-19(12-15-10-16(21-3)13-20(15)2)8-9-22-17-7-5-4-6-14(17)11-18/h4-7,15-16H,8-10,12-13H2,1-3H3/t15-,16-/m0/s1. The maximum atomic E-state index is 9.04. The van der Waals surface area contributed by atoms with Crippen molar-refractivity contribution in [1.82, 2.24) is 9.80 Å². The number of likely N-dealkylation sites (tertiary alicyclic amines) is 1. The molecule has 2 atom stereocenters. The van der Waals surface area contributed by atoms with E-state index in [4.69, 9.17) is 14.7 Å². The molecule has 1 aromatic carbocycles. The molecule has 5 heteroatoms. The van der Waals surface area contributed by atoms with Crippen LogP contribution >= 0.6 is 0 Å². The number of hydrogen-bond acceptors (Lipinski definition) is 5. The van der Waals surface area contributed by atoms with Gasteiger partial charge < -0.3 is 14.4 Å². The zero-order valence-electron chi connectivity index (χ0n) is 13.7. The smallest absolute Gasteiger partial charge is 0.137 e. The van der Waals surface area contributed by atoms with Crippen LogP contribution in [-0.2, 0) is 4.74 Å². The second kappa shape index (κ2) is 8.14. The first-order valence-corrected chi connectivity index (χ1v) is 7.67. The van der Waals surface area contributed by atoms with Crippen molar-refractivity contribution in [2.45, 2.75) is 18.6 Å². The van der Waals surface area contributed by atoms with E-state index in [1.165, 1.54) is 0 Å². The predicted molar refractivity (Wildman–Crippen MR) is 86.0 cm³/mol. The molecule has 0 spiro atoms. The summed E-state index contributed by atoms with van der Waals surface area (Å²) in [6.45, 7) is 3.42. The molecule has 0 bridgehead atoms. The molecule has 2 rings (SSSR count). The van der Waals surface area contributed by atoms with Crippen LogP contribution in [0.2, 0.25) is 0 Å². The van der Waals surface area contributed by atoms with Crippen LogP contribution in [0.15, 0.2) is 24.3 Å². The summed E-state index contributed by atoms with van der Waals surface area (Å²) in [5.74, 6) is 0.663. The largest absolute Gasteiger partial charge is 0.491 e. The summed E-state index contributed by atoms with van der Waals surface area (Å²) >= 11 is 0. The van der Waals surface area contributed by atoms with E-state index in [1.807, 2.05) is 18.2 Å². The fraction of sp³-hybridized carbons (Fsp3) is 0.588. The van der Waals surface area contributed by atoms with Gasteiger partial charge in [-0.15, -0.1) is 0 Å². The molecule has 0 amide bonds. The Bertz CT molecular complexity index is 515. The van der Waals surface area contributed by atoms with Crippen molar-refractivity contribution in [2.75, 3.05) is 47.4 Å². The van der Waals surface area contributed by atoms with Crippen LogP contribution in [0.1, 0.15) is 12.0 Å². The number of hydrogen-bond donors (Lipinski definition) is 0. The van der Waals surface area contributed by atoms with Crippen molar-refractivity contribution < 1.29 is 9.47 Å². The fourth-order valence-electron chi connectivity index (χ4n) is 2.86. The van der Waals surface area contributed by atoms with Crippen LogP contribution < -0.4 is 4.74 Å². The maximum absolute atomic E-state index is 9.04. The molecule has 1 aliphatic rings. The summed E-state index contributed by atoms with van der Waals surface area (Å²) in [5, 5.41) is 9.04. The quantitative estimate of drug-likeness (QED) is 0.765. The van der Waals surface area contributed by atoms with E-state index in [-0.39, 0.29) is 0 Å². The first-order chi connectivity index (χ1) is 10.6. The van der Waals surface area contributed by atoms with E-state index in [9.17, 15) is 0 Å². The lowest BCUT2D eigenvalue weighted by Crippen LogP contribution is -2.38. The molecule has 1 heterocycles. The molecule has 1 aromatic rings. The first kappa shape index (κ1) is 16.8. The molecule has 1 aliphatic heterocycles. The van der Waals surface area contributed by atoms with Gasteiger partial charge in [-0.3, -0.25) is 4.90 Å². The third kappa shape index (κ3) is 4.44. The van der Waals surface area contributed by atoms with Crippen molar-refractivity contribution in [3.05, 3.63) is 29.8 Å². The number of nitriles is 1. The molecular formula is C17H25N3O2. The highest BCUT2D eigenvalue weighted by atomic mass is 16.5. The van der Waals surface area contributed by atoms with Crippen molar-refractivity contribution in [2.24, 2.45) is 0 Å². The maximum Gasteiger partial charge on any atom is 0.137 e. The highest BCUT2D eigenvalue weighted by Gasteiger charge is 2.29. The summed E-state index contributed by atoms with van der Waals surface area (Å²) in [7, 11) is 6.04. The van der Waals surface area contributed by atoms with Gasteiger partial charge >= 0.3 is 0 Å². The second-order valence-electron chi connectivity index (χ2n) is 5.91. The molecule has 0 saturated carbocycles. The Morgan fingerprint density at radius 2 is 2.18 bits per heavy atom. The monoisotopic (exact) mass is 303 g/mol. The van der Waals surface area contributed by atoms with Gasteiger partial charge in [0.2, 0.25) is 0 Å². The Kier molecular flexibility index (Phi) is 6.20. The SMILES string of the molecule is CO[C@H]1C[C@@H](CN(C)CCOc2ccccc2C#N)N(C)C1. The van der Waals surface area contributed by atoms with Crippen molar-refractivity contribution in [1.29, 1.82) is 5.26 Å². The molecular weight excluding hydrogens is 278 g/mol. The van der Waals surface area contributed by atoms with Gasteiger partial charge in [0, 0.05) is 32.8 Å². The lowest BCUT2D eigenvalue weighted by molar-refractivity contribution is 0.111. The van der Waals surface area contributed by atoms with Crippen molar-refractivity contribution >= 4 is 0 Å². The normalized spacial score (nSPS) is 22.0. The predicted octanol–water partition coefficient (Wildman–Crippen LogP) is 1.59. The van der Waals surface area contributed by atoms with Crippen LogP contribution in [-0.4, -0.2) is 69.4 Å². The zero-order chi connectivity index (χ0) is 15.9. The van der Waals surface area contributed by atoms with Crippen LogP contribution in [0.3, 0.4) is 0 Å². The first-order valence-electron chi connectivity index (χ1n) is 7.67. The summed E-state index contributed by atoms with van der Waals surface area (Å²) < 4.78 is 11.2. The number of rotatable bonds is 7. The highest BCUT2D eigenvalue weighted by molar-refractivity contribution is 5.42. The lowest BCUT2D eigenvalue weighted by Gasteiger charge is -2.25. The summed E-state index contributed by atoms with van der Waals surface area (Å²) in [6, 6.07) is 10.0. The molecule has 0 aromatic heterocycles. The Morgan fingerprint density at radius 1 is 1.41 bits per heavy atom. The van der Waals surface area contributed by atoms with E-state index in [2.05, 4.69) is 30.0 Å². The van der Waals surface area contributed by atoms with Crippen molar-refractivity contribution in [3.63, 3.8) is 0 Å². The van der Waals surface area contributed by atoms with E-state index >= 15 is 0 Å². The topological polar surface area (TPSA) is 48.7 Å².